The number of fused-ring (bicyclic) bond motifs is 1. The number of ether oxygens (including phenoxy) is 1. The standard InChI is InChI=1S/C39H46N2O5/c1-3-5-8-21-33(23-29-16-9-6-10-17-29)39(45)46-36(30-18-11-7-12-19-30)26-40-38(44)32(15-4-2)25-37(43)41-27-34-22-14-13-20-31(34)24-35(41)28-42/h3-4,6-7,9-14,16-20,22,32-33,35-36,42H,1-2,5,8,15,21,23-28H2,(H,40,44)/t32-,33-,35+,36-/m1/s1. The summed E-state index contributed by atoms with van der Waals surface area (Å²) in [5.41, 5.74) is 4.01. The van der Waals surface area contributed by atoms with Gasteiger partial charge in [-0.25, -0.2) is 0 Å². The Bertz CT molecular complexity index is 1440. The zero-order chi connectivity index (χ0) is 32.7. The van der Waals surface area contributed by atoms with Crippen molar-refractivity contribution in [3.63, 3.8) is 0 Å². The third kappa shape index (κ3) is 9.75. The molecule has 0 saturated carbocycles. The first-order valence-electron chi connectivity index (χ1n) is 16.2. The Morgan fingerprint density at radius 1 is 0.913 bits per heavy atom. The van der Waals surface area contributed by atoms with Crippen molar-refractivity contribution in [3.05, 3.63) is 132 Å². The Hall–Kier alpha value is -4.49. The number of carbonyl (C=O) groups is 3. The number of hydrogen-bond acceptors (Lipinski definition) is 5. The zero-order valence-corrected chi connectivity index (χ0v) is 26.6. The fourth-order valence-corrected chi connectivity index (χ4v) is 6.03. The quantitative estimate of drug-likeness (QED) is 0.107. The summed E-state index contributed by atoms with van der Waals surface area (Å²) in [6.07, 6.45) is 6.50. The molecule has 0 unspecified atom stereocenters. The predicted molar refractivity (Wildman–Crippen MR) is 180 cm³/mol. The molecule has 0 spiro atoms. The molecule has 242 valence electrons. The van der Waals surface area contributed by atoms with Crippen LogP contribution < -0.4 is 5.32 Å². The number of allylic oxidation sites excluding steroid dienone is 2. The molecule has 4 rings (SSSR count). The molecule has 2 amide bonds. The summed E-state index contributed by atoms with van der Waals surface area (Å²) in [5.74, 6) is -1.81. The molecular formula is C39H46N2O5. The van der Waals surface area contributed by atoms with E-state index in [1.165, 1.54) is 0 Å². The summed E-state index contributed by atoms with van der Waals surface area (Å²) in [7, 11) is 0. The van der Waals surface area contributed by atoms with Gasteiger partial charge in [0.2, 0.25) is 11.8 Å². The maximum Gasteiger partial charge on any atom is 0.309 e. The van der Waals surface area contributed by atoms with Crippen LogP contribution in [0.3, 0.4) is 0 Å². The van der Waals surface area contributed by atoms with E-state index >= 15 is 0 Å². The third-order valence-corrected chi connectivity index (χ3v) is 8.64. The van der Waals surface area contributed by atoms with Crippen LogP contribution in [-0.2, 0) is 38.5 Å². The van der Waals surface area contributed by atoms with Gasteiger partial charge in [-0.15, -0.1) is 13.2 Å². The summed E-state index contributed by atoms with van der Waals surface area (Å²) in [6, 6.07) is 26.9. The molecule has 1 aliphatic heterocycles. The summed E-state index contributed by atoms with van der Waals surface area (Å²) in [4.78, 5) is 42.4. The second-order valence-corrected chi connectivity index (χ2v) is 11.9. The fourth-order valence-electron chi connectivity index (χ4n) is 6.03. The third-order valence-electron chi connectivity index (χ3n) is 8.64. The molecule has 3 aromatic carbocycles. The maximum absolute atomic E-state index is 13.6. The molecule has 0 bridgehead atoms. The number of aliphatic hydroxyl groups is 1. The van der Waals surface area contributed by atoms with Crippen LogP contribution in [-0.4, -0.2) is 47.0 Å². The van der Waals surface area contributed by atoms with Gasteiger partial charge in [-0.05, 0) is 60.8 Å². The van der Waals surface area contributed by atoms with Gasteiger partial charge in [0.05, 0.1) is 31.0 Å². The van der Waals surface area contributed by atoms with Crippen LogP contribution in [0, 0.1) is 11.8 Å². The van der Waals surface area contributed by atoms with E-state index in [-0.39, 0.29) is 49.3 Å². The van der Waals surface area contributed by atoms with Crippen LogP contribution in [0.2, 0.25) is 0 Å². The highest BCUT2D eigenvalue weighted by atomic mass is 16.5. The number of rotatable bonds is 17. The molecule has 0 fully saturated rings. The number of esters is 1. The van der Waals surface area contributed by atoms with Crippen LogP contribution in [0.15, 0.2) is 110 Å². The lowest BCUT2D eigenvalue weighted by Gasteiger charge is -2.36. The van der Waals surface area contributed by atoms with Crippen molar-refractivity contribution in [1.82, 2.24) is 10.2 Å². The number of carbonyl (C=O) groups excluding carboxylic acids is 3. The minimum atomic E-state index is -0.701. The molecule has 2 N–H and O–H groups in total. The normalized spacial score (nSPS) is 15.9. The monoisotopic (exact) mass is 622 g/mol. The lowest BCUT2D eigenvalue weighted by Crippen LogP contribution is -2.47. The van der Waals surface area contributed by atoms with Crippen molar-refractivity contribution in [2.24, 2.45) is 11.8 Å². The van der Waals surface area contributed by atoms with Gasteiger partial charge in [0.1, 0.15) is 6.10 Å². The summed E-state index contributed by atoms with van der Waals surface area (Å²) >= 11 is 0. The summed E-state index contributed by atoms with van der Waals surface area (Å²) < 4.78 is 6.13. The average molecular weight is 623 g/mol. The number of aliphatic hydroxyl groups excluding tert-OH is 1. The Kier molecular flexibility index (Phi) is 13.3. The van der Waals surface area contributed by atoms with Gasteiger partial charge in [0.15, 0.2) is 0 Å². The highest BCUT2D eigenvalue weighted by Gasteiger charge is 2.32. The maximum atomic E-state index is 13.6. The van der Waals surface area contributed by atoms with Crippen LogP contribution >= 0.6 is 0 Å². The molecule has 46 heavy (non-hydrogen) atoms. The minimum absolute atomic E-state index is 0.0191. The lowest BCUT2D eigenvalue weighted by atomic mass is 9.92. The van der Waals surface area contributed by atoms with Gasteiger partial charge in [-0.2, -0.15) is 0 Å². The van der Waals surface area contributed by atoms with Crippen molar-refractivity contribution in [2.45, 2.75) is 63.6 Å². The van der Waals surface area contributed by atoms with Crippen LogP contribution in [0.25, 0.3) is 0 Å². The molecule has 7 heteroatoms. The first-order chi connectivity index (χ1) is 22.4. The zero-order valence-electron chi connectivity index (χ0n) is 26.6. The van der Waals surface area contributed by atoms with E-state index in [1.807, 2.05) is 91.0 Å². The molecule has 0 aromatic heterocycles. The number of nitrogens with zero attached hydrogens (tertiary/aromatic N) is 1. The number of hydrogen-bond donors (Lipinski definition) is 2. The molecule has 0 radical (unpaired) electrons. The molecule has 1 aliphatic rings. The van der Waals surface area contributed by atoms with Crippen LogP contribution in [0.1, 0.15) is 60.5 Å². The topological polar surface area (TPSA) is 95.9 Å². The van der Waals surface area contributed by atoms with Crippen molar-refractivity contribution in [1.29, 1.82) is 0 Å². The smallest absolute Gasteiger partial charge is 0.309 e. The van der Waals surface area contributed by atoms with Gasteiger partial charge in [0, 0.05) is 13.0 Å². The van der Waals surface area contributed by atoms with Crippen molar-refractivity contribution >= 4 is 17.8 Å². The number of nitrogens with one attached hydrogen (secondary N) is 1. The number of benzene rings is 3. The summed E-state index contributed by atoms with van der Waals surface area (Å²) in [6.45, 7) is 7.93. The molecule has 0 saturated heterocycles. The van der Waals surface area contributed by atoms with E-state index in [9.17, 15) is 19.5 Å². The van der Waals surface area contributed by atoms with E-state index in [2.05, 4.69) is 18.5 Å². The molecular weight excluding hydrogens is 576 g/mol. The predicted octanol–water partition coefficient (Wildman–Crippen LogP) is 6.13. The van der Waals surface area contributed by atoms with Crippen LogP contribution in [0.4, 0.5) is 0 Å². The Morgan fingerprint density at radius 2 is 1.59 bits per heavy atom. The molecule has 7 nitrogen and oxygen atoms in total. The van der Waals surface area contributed by atoms with Crippen LogP contribution in [0.5, 0.6) is 0 Å². The number of amides is 2. The first-order valence-corrected chi connectivity index (χ1v) is 16.2. The van der Waals surface area contributed by atoms with E-state index in [1.54, 1.807) is 11.0 Å². The SMILES string of the molecule is C=CCCC[C@H](Cc1ccccc1)C(=O)O[C@H](CNC(=O)[C@H](CC=C)CC(=O)N1Cc2ccccc2C[C@H]1CO)c1ccccc1. The second-order valence-electron chi connectivity index (χ2n) is 11.9. The van der Waals surface area contributed by atoms with E-state index in [4.69, 9.17) is 4.74 Å². The van der Waals surface area contributed by atoms with E-state index in [0.717, 1.165) is 35.1 Å². The lowest BCUT2D eigenvalue weighted by molar-refractivity contribution is -0.155. The van der Waals surface area contributed by atoms with E-state index in [0.29, 0.717) is 32.2 Å². The molecule has 0 aliphatic carbocycles. The fraction of sp³-hybridized carbons (Fsp3) is 0.359. The van der Waals surface area contributed by atoms with Gasteiger partial charge in [-0.3, -0.25) is 14.4 Å². The van der Waals surface area contributed by atoms with Gasteiger partial charge in [-0.1, -0.05) is 97.1 Å². The van der Waals surface area contributed by atoms with Crippen molar-refractivity contribution < 1.29 is 24.2 Å². The average Bonchev–Trinajstić information content (AvgIpc) is 3.09. The highest BCUT2D eigenvalue weighted by molar-refractivity contribution is 5.86. The van der Waals surface area contributed by atoms with Gasteiger partial charge >= 0.3 is 5.97 Å². The number of unbranched alkanes of at least 4 members (excludes halogenated alkanes) is 1. The van der Waals surface area contributed by atoms with Gasteiger partial charge in [0.25, 0.3) is 0 Å². The Morgan fingerprint density at radius 3 is 2.26 bits per heavy atom. The van der Waals surface area contributed by atoms with Crippen molar-refractivity contribution in [3.8, 4) is 0 Å². The Labute approximate surface area is 273 Å². The first kappa shape index (κ1) is 34.4. The van der Waals surface area contributed by atoms with Gasteiger partial charge < -0.3 is 20.1 Å². The summed E-state index contributed by atoms with van der Waals surface area (Å²) in [5, 5.41) is 13.0. The van der Waals surface area contributed by atoms with E-state index < -0.39 is 12.0 Å². The molecule has 3 aromatic rings. The molecule has 4 atom stereocenters. The van der Waals surface area contributed by atoms with Crippen molar-refractivity contribution in [2.75, 3.05) is 13.2 Å². The second kappa shape index (κ2) is 17.9. The largest absolute Gasteiger partial charge is 0.455 e. The Balaban J connectivity index is 1.44. The minimum Gasteiger partial charge on any atom is -0.455 e. The highest BCUT2D eigenvalue weighted by Crippen LogP contribution is 2.26. The molecule has 1 heterocycles.